The number of halogens is 1. The number of H-pyrrole nitrogens is 1. The molecule has 0 aliphatic rings. The van der Waals surface area contributed by atoms with Crippen LogP contribution < -0.4 is 11.1 Å². The second-order valence-electron chi connectivity index (χ2n) is 4.57. The maximum Gasteiger partial charge on any atom is 0.268 e. The third kappa shape index (κ3) is 2.93. The second kappa shape index (κ2) is 5.14. The highest BCUT2D eigenvalue weighted by atomic mass is 19.1. The number of aromatic nitrogens is 1. The highest BCUT2D eigenvalue weighted by Crippen LogP contribution is 2.14. The standard InChI is InChI=1S/C14H16FN3O/c1-8-3-10(4-9(2)13(8)15)6-18-14(19)12-5-11(16)7-17-12/h3-5,7,17H,6,16H2,1-2H3,(H,18,19). The Morgan fingerprint density at radius 3 is 2.47 bits per heavy atom. The van der Waals surface area contributed by atoms with E-state index in [9.17, 15) is 9.18 Å². The molecule has 0 fully saturated rings. The van der Waals surface area contributed by atoms with E-state index in [4.69, 9.17) is 5.73 Å². The van der Waals surface area contributed by atoms with Crippen molar-refractivity contribution in [3.8, 4) is 0 Å². The van der Waals surface area contributed by atoms with Crippen molar-refractivity contribution in [3.63, 3.8) is 0 Å². The van der Waals surface area contributed by atoms with Crippen LogP contribution in [0.3, 0.4) is 0 Å². The molecule has 1 aromatic carbocycles. The summed E-state index contributed by atoms with van der Waals surface area (Å²) in [4.78, 5) is 14.6. The third-order valence-corrected chi connectivity index (χ3v) is 2.90. The quantitative estimate of drug-likeness (QED) is 0.793. The van der Waals surface area contributed by atoms with Crippen LogP contribution in [0.4, 0.5) is 10.1 Å². The molecule has 0 unspecified atom stereocenters. The van der Waals surface area contributed by atoms with Gasteiger partial charge in [0.25, 0.3) is 5.91 Å². The number of nitrogen functional groups attached to an aromatic ring is 1. The molecule has 0 spiro atoms. The van der Waals surface area contributed by atoms with Gasteiger partial charge in [0.1, 0.15) is 11.5 Å². The molecule has 0 bridgehead atoms. The minimum atomic E-state index is -0.240. The van der Waals surface area contributed by atoms with Gasteiger partial charge in [0.2, 0.25) is 0 Å². The van der Waals surface area contributed by atoms with Gasteiger partial charge in [0.05, 0.1) is 0 Å². The zero-order chi connectivity index (χ0) is 14.0. The van der Waals surface area contributed by atoms with Crippen molar-refractivity contribution in [2.24, 2.45) is 0 Å². The average molecular weight is 261 g/mol. The number of hydrogen-bond acceptors (Lipinski definition) is 2. The lowest BCUT2D eigenvalue weighted by atomic mass is 10.1. The van der Waals surface area contributed by atoms with Crippen LogP contribution in [-0.4, -0.2) is 10.9 Å². The van der Waals surface area contributed by atoms with Crippen molar-refractivity contribution >= 4 is 11.6 Å². The van der Waals surface area contributed by atoms with E-state index in [1.165, 1.54) is 0 Å². The number of aromatic amines is 1. The predicted octanol–water partition coefficient (Wildman–Crippen LogP) is 2.28. The topological polar surface area (TPSA) is 70.9 Å². The van der Waals surface area contributed by atoms with Gasteiger partial charge in [0, 0.05) is 18.4 Å². The highest BCUT2D eigenvalue weighted by molar-refractivity contribution is 5.93. The van der Waals surface area contributed by atoms with Crippen molar-refractivity contribution < 1.29 is 9.18 Å². The maximum atomic E-state index is 13.5. The monoisotopic (exact) mass is 261 g/mol. The fraction of sp³-hybridized carbons (Fsp3) is 0.214. The van der Waals surface area contributed by atoms with Gasteiger partial charge in [-0.3, -0.25) is 4.79 Å². The van der Waals surface area contributed by atoms with E-state index < -0.39 is 0 Å². The summed E-state index contributed by atoms with van der Waals surface area (Å²) in [6, 6.07) is 5.02. The van der Waals surface area contributed by atoms with Crippen LogP contribution in [0, 0.1) is 19.7 Å². The van der Waals surface area contributed by atoms with Gasteiger partial charge >= 0.3 is 0 Å². The zero-order valence-corrected chi connectivity index (χ0v) is 10.9. The number of aryl methyl sites for hydroxylation is 2. The Balaban J connectivity index is 2.05. The first-order valence-electron chi connectivity index (χ1n) is 5.95. The van der Waals surface area contributed by atoms with Gasteiger partial charge in [-0.2, -0.15) is 0 Å². The van der Waals surface area contributed by atoms with E-state index in [1.807, 2.05) is 0 Å². The number of amides is 1. The fourth-order valence-electron chi connectivity index (χ4n) is 1.96. The Morgan fingerprint density at radius 2 is 1.95 bits per heavy atom. The van der Waals surface area contributed by atoms with E-state index in [0.29, 0.717) is 29.1 Å². The molecule has 4 nitrogen and oxygen atoms in total. The van der Waals surface area contributed by atoms with Crippen LogP contribution >= 0.6 is 0 Å². The Morgan fingerprint density at radius 1 is 1.32 bits per heavy atom. The van der Waals surface area contributed by atoms with Crippen molar-refractivity contribution in [1.29, 1.82) is 0 Å². The van der Waals surface area contributed by atoms with E-state index in [-0.39, 0.29) is 11.7 Å². The number of nitrogens with one attached hydrogen (secondary N) is 2. The summed E-state index contributed by atoms with van der Waals surface area (Å²) in [6.07, 6.45) is 1.56. The van der Waals surface area contributed by atoms with Gasteiger partial charge in [-0.25, -0.2) is 4.39 Å². The second-order valence-corrected chi connectivity index (χ2v) is 4.57. The molecule has 0 atom stereocenters. The summed E-state index contributed by atoms with van der Waals surface area (Å²) < 4.78 is 13.5. The number of carbonyl (C=O) groups is 1. The molecule has 2 rings (SSSR count). The molecular weight excluding hydrogens is 245 g/mol. The minimum Gasteiger partial charge on any atom is -0.397 e. The predicted molar refractivity (Wildman–Crippen MR) is 72.2 cm³/mol. The molecule has 0 aliphatic carbocycles. The van der Waals surface area contributed by atoms with Crippen LogP contribution in [-0.2, 0) is 6.54 Å². The van der Waals surface area contributed by atoms with Gasteiger partial charge in [-0.05, 0) is 36.6 Å². The maximum absolute atomic E-state index is 13.5. The molecule has 100 valence electrons. The first-order valence-corrected chi connectivity index (χ1v) is 5.95. The molecule has 19 heavy (non-hydrogen) atoms. The van der Waals surface area contributed by atoms with Crippen molar-refractivity contribution in [2.45, 2.75) is 20.4 Å². The van der Waals surface area contributed by atoms with Gasteiger partial charge < -0.3 is 16.0 Å². The van der Waals surface area contributed by atoms with Crippen LogP contribution in [0.5, 0.6) is 0 Å². The Kier molecular flexibility index (Phi) is 3.55. The third-order valence-electron chi connectivity index (χ3n) is 2.90. The number of anilines is 1. The molecule has 1 heterocycles. The summed E-state index contributed by atoms with van der Waals surface area (Å²) in [5, 5.41) is 2.75. The van der Waals surface area contributed by atoms with Crippen molar-refractivity contribution in [3.05, 3.63) is 52.6 Å². The average Bonchev–Trinajstić information content (AvgIpc) is 2.79. The number of hydrogen-bond donors (Lipinski definition) is 3. The van der Waals surface area contributed by atoms with E-state index in [0.717, 1.165) is 5.56 Å². The Hall–Kier alpha value is -2.30. The number of benzene rings is 1. The van der Waals surface area contributed by atoms with Crippen molar-refractivity contribution in [1.82, 2.24) is 10.3 Å². The van der Waals surface area contributed by atoms with E-state index >= 15 is 0 Å². The zero-order valence-electron chi connectivity index (χ0n) is 10.9. The molecule has 2 aromatic rings. The summed E-state index contributed by atoms with van der Waals surface area (Å²) in [6.45, 7) is 3.76. The molecule has 0 saturated carbocycles. The fourth-order valence-corrected chi connectivity index (χ4v) is 1.96. The number of rotatable bonds is 3. The first kappa shape index (κ1) is 13.1. The number of carbonyl (C=O) groups excluding carboxylic acids is 1. The van der Waals surface area contributed by atoms with Crippen LogP contribution in [0.2, 0.25) is 0 Å². The molecular formula is C14H16FN3O. The van der Waals surface area contributed by atoms with Crippen LogP contribution in [0.1, 0.15) is 27.2 Å². The molecule has 1 aromatic heterocycles. The van der Waals surface area contributed by atoms with E-state index in [1.54, 1.807) is 38.2 Å². The smallest absolute Gasteiger partial charge is 0.268 e. The van der Waals surface area contributed by atoms with Crippen LogP contribution in [0.15, 0.2) is 24.4 Å². The molecule has 1 amide bonds. The minimum absolute atomic E-state index is 0.202. The van der Waals surface area contributed by atoms with Gasteiger partial charge in [-0.1, -0.05) is 12.1 Å². The molecule has 0 aliphatic heterocycles. The summed E-state index contributed by atoms with van der Waals surface area (Å²) in [7, 11) is 0. The largest absolute Gasteiger partial charge is 0.397 e. The lowest BCUT2D eigenvalue weighted by molar-refractivity contribution is 0.0946. The Bertz CT molecular complexity index is 596. The molecule has 0 radical (unpaired) electrons. The van der Waals surface area contributed by atoms with E-state index in [2.05, 4.69) is 10.3 Å². The summed E-state index contributed by atoms with van der Waals surface area (Å²) in [5.41, 5.74) is 8.47. The highest BCUT2D eigenvalue weighted by Gasteiger charge is 2.09. The lowest BCUT2D eigenvalue weighted by Gasteiger charge is -2.08. The Labute approximate surface area is 110 Å². The molecule has 4 N–H and O–H groups in total. The SMILES string of the molecule is Cc1cc(CNC(=O)c2cc(N)c[nH]2)cc(C)c1F. The first-order chi connectivity index (χ1) is 8.97. The molecule has 0 saturated heterocycles. The summed E-state index contributed by atoms with van der Waals surface area (Å²) >= 11 is 0. The normalized spacial score (nSPS) is 10.5. The lowest BCUT2D eigenvalue weighted by Crippen LogP contribution is -2.23. The van der Waals surface area contributed by atoms with Crippen molar-refractivity contribution in [2.75, 3.05) is 5.73 Å². The van der Waals surface area contributed by atoms with Crippen LogP contribution in [0.25, 0.3) is 0 Å². The number of nitrogens with two attached hydrogens (primary N) is 1. The summed E-state index contributed by atoms with van der Waals surface area (Å²) in [5.74, 6) is -0.441. The van der Waals surface area contributed by atoms with Gasteiger partial charge in [0.15, 0.2) is 0 Å². The van der Waals surface area contributed by atoms with Gasteiger partial charge in [-0.15, -0.1) is 0 Å². The molecule has 5 heteroatoms.